The molecule has 2 N–H and O–H groups in total. The van der Waals surface area contributed by atoms with Crippen molar-refractivity contribution in [3.63, 3.8) is 0 Å². The Morgan fingerprint density at radius 3 is 2.32 bits per heavy atom. The lowest BCUT2D eigenvalue weighted by Crippen LogP contribution is -2.20. The van der Waals surface area contributed by atoms with Crippen molar-refractivity contribution in [2.45, 2.75) is 19.8 Å². The maximum atomic E-state index is 12.9. The van der Waals surface area contributed by atoms with Crippen molar-refractivity contribution in [1.29, 1.82) is 0 Å². The molecule has 5 nitrogen and oxygen atoms in total. The van der Waals surface area contributed by atoms with E-state index in [0.29, 0.717) is 22.4 Å². The molecule has 0 atom stereocenters. The lowest BCUT2D eigenvalue weighted by molar-refractivity contribution is -0.116. The molecule has 2 aromatic carbocycles. The zero-order valence-electron chi connectivity index (χ0n) is 14.1. The maximum Gasteiger partial charge on any atom is 0.251 e. The average Bonchev–Trinajstić information content (AvgIpc) is 2.61. The van der Waals surface area contributed by atoms with Gasteiger partial charge in [0.05, 0.1) is 0 Å². The first-order valence-corrected chi connectivity index (χ1v) is 7.82. The van der Waals surface area contributed by atoms with Crippen LogP contribution in [-0.4, -0.2) is 24.6 Å². The molecule has 0 aromatic heterocycles. The van der Waals surface area contributed by atoms with Crippen LogP contribution in [-0.2, 0) is 4.79 Å². The van der Waals surface area contributed by atoms with Crippen LogP contribution in [0.1, 0.15) is 39.1 Å². The highest BCUT2D eigenvalue weighted by molar-refractivity contribution is 6.01. The fourth-order valence-electron chi connectivity index (χ4n) is 2.37. The molecule has 0 aliphatic carbocycles. The van der Waals surface area contributed by atoms with Crippen molar-refractivity contribution >= 4 is 23.3 Å². The molecule has 0 bridgehead atoms. The van der Waals surface area contributed by atoms with E-state index in [1.807, 2.05) is 0 Å². The molecule has 0 fully saturated rings. The summed E-state index contributed by atoms with van der Waals surface area (Å²) in [4.78, 5) is 35.9. The highest BCUT2D eigenvalue weighted by atomic mass is 19.1. The van der Waals surface area contributed by atoms with Gasteiger partial charge in [-0.2, -0.15) is 0 Å². The van der Waals surface area contributed by atoms with E-state index in [9.17, 15) is 18.8 Å². The molecule has 0 saturated heterocycles. The van der Waals surface area contributed by atoms with E-state index in [1.165, 1.54) is 31.3 Å². The number of hydrogen-bond acceptors (Lipinski definition) is 3. The van der Waals surface area contributed by atoms with Gasteiger partial charge in [0.15, 0.2) is 5.78 Å². The molecule has 0 saturated carbocycles. The van der Waals surface area contributed by atoms with Gasteiger partial charge in [-0.1, -0.05) is 6.07 Å². The minimum atomic E-state index is -0.416. The van der Waals surface area contributed by atoms with Crippen LogP contribution in [0.25, 0.3) is 0 Å². The van der Waals surface area contributed by atoms with E-state index in [1.54, 1.807) is 25.1 Å². The molecule has 2 amide bonds. The minimum absolute atomic E-state index is 0.000147. The first-order valence-electron chi connectivity index (χ1n) is 7.82. The summed E-state index contributed by atoms with van der Waals surface area (Å²) >= 11 is 0. The number of halogens is 1. The van der Waals surface area contributed by atoms with Gasteiger partial charge in [-0.25, -0.2) is 4.39 Å². The molecule has 2 rings (SSSR count). The van der Waals surface area contributed by atoms with Gasteiger partial charge < -0.3 is 10.6 Å². The van der Waals surface area contributed by atoms with Crippen molar-refractivity contribution in [2.75, 3.05) is 12.4 Å². The van der Waals surface area contributed by atoms with Crippen LogP contribution in [0, 0.1) is 12.7 Å². The molecule has 2 aromatic rings. The van der Waals surface area contributed by atoms with Crippen molar-refractivity contribution in [2.24, 2.45) is 0 Å². The standard InChI is InChI=1S/C19H19FN2O3/c1-12-15(19(25)21-2)4-3-5-16(12)22-18(24)11-10-17(23)13-6-8-14(20)9-7-13/h3-9H,10-11H2,1-2H3,(H,21,25)(H,22,24). The summed E-state index contributed by atoms with van der Waals surface area (Å²) in [6.07, 6.45) is 0.0193. The molecule has 0 aliphatic rings. The smallest absolute Gasteiger partial charge is 0.251 e. The highest BCUT2D eigenvalue weighted by Gasteiger charge is 2.13. The Balaban J connectivity index is 1.97. The average molecular weight is 342 g/mol. The van der Waals surface area contributed by atoms with Gasteiger partial charge in [0, 0.05) is 36.7 Å². The summed E-state index contributed by atoms with van der Waals surface area (Å²) in [5.74, 6) is -1.21. The molecule has 0 radical (unpaired) electrons. The third kappa shape index (κ3) is 4.73. The summed E-state index contributed by atoms with van der Waals surface area (Å²) in [6, 6.07) is 10.3. The molecule has 0 heterocycles. The summed E-state index contributed by atoms with van der Waals surface area (Å²) in [6.45, 7) is 1.74. The summed E-state index contributed by atoms with van der Waals surface area (Å²) in [5.41, 5.74) is 2.02. The second-order valence-electron chi connectivity index (χ2n) is 5.54. The molecule has 0 spiro atoms. The Morgan fingerprint density at radius 2 is 1.68 bits per heavy atom. The van der Waals surface area contributed by atoms with Crippen LogP contribution in [0.2, 0.25) is 0 Å². The molecule has 6 heteroatoms. The fourth-order valence-corrected chi connectivity index (χ4v) is 2.37. The SMILES string of the molecule is CNC(=O)c1cccc(NC(=O)CCC(=O)c2ccc(F)cc2)c1C. The first-order chi connectivity index (χ1) is 11.9. The van der Waals surface area contributed by atoms with Crippen molar-refractivity contribution in [3.8, 4) is 0 Å². The number of anilines is 1. The van der Waals surface area contributed by atoms with Gasteiger partial charge >= 0.3 is 0 Å². The van der Waals surface area contributed by atoms with Gasteiger partial charge in [0.2, 0.25) is 5.91 Å². The zero-order chi connectivity index (χ0) is 18.4. The second-order valence-corrected chi connectivity index (χ2v) is 5.54. The first kappa shape index (κ1) is 18.3. The minimum Gasteiger partial charge on any atom is -0.355 e. The van der Waals surface area contributed by atoms with E-state index in [0.717, 1.165) is 0 Å². The normalized spacial score (nSPS) is 10.2. The number of Topliss-reactive ketones (excluding diaryl/α,β-unsaturated/α-hetero) is 1. The Bertz CT molecular complexity index is 801. The van der Waals surface area contributed by atoms with Crippen LogP contribution in [0.15, 0.2) is 42.5 Å². The molecular formula is C19H19FN2O3. The lowest BCUT2D eigenvalue weighted by atomic mass is 10.0. The summed E-state index contributed by atoms with van der Waals surface area (Å²) in [7, 11) is 1.54. The zero-order valence-corrected chi connectivity index (χ0v) is 14.1. The number of ketones is 1. The fraction of sp³-hybridized carbons (Fsp3) is 0.211. The largest absolute Gasteiger partial charge is 0.355 e. The van der Waals surface area contributed by atoms with Crippen molar-refractivity contribution in [3.05, 3.63) is 65.0 Å². The third-order valence-electron chi connectivity index (χ3n) is 3.82. The van der Waals surface area contributed by atoms with Gasteiger partial charge in [-0.05, 0) is 48.9 Å². The Kier molecular flexibility index (Phi) is 6.00. The molecule has 0 unspecified atom stereocenters. The summed E-state index contributed by atoms with van der Waals surface area (Å²) < 4.78 is 12.9. The van der Waals surface area contributed by atoms with Gasteiger partial charge in [0.1, 0.15) is 5.82 Å². The van der Waals surface area contributed by atoms with Crippen molar-refractivity contribution in [1.82, 2.24) is 5.32 Å². The number of amides is 2. The van der Waals surface area contributed by atoms with Gasteiger partial charge in [-0.3, -0.25) is 14.4 Å². The van der Waals surface area contributed by atoms with E-state index in [4.69, 9.17) is 0 Å². The van der Waals surface area contributed by atoms with Crippen LogP contribution >= 0.6 is 0 Å². The third-order valence-corrected chi connectivity index (χ3v) is 3.82. The van der Waals surface area contributed by atoms with Crippen LogP contribution in [0.4, 0.5) is 10.1 Å². The number of carbonyl (C=O) groups is 3. The molecule has 130 valence electrons. The number of rotatable bonds is 6. The predicted molar refractivity (Wildman–Crippen MR) is 93.2 cm³/mol. The topological polar surface area (TPSA) is 75.3 Å². The predicted octanol–water partition coefficient (Wildman–Crippen LogP) is 3.10. The molecule has 0 aliphatic heterocycles. The Morgan fingerprint density at radius 1 is 1.00 bits per heavy atom. The van der Waals surface area contributed by atoms with E-state index < -0.39 is 5.82 Å². The monoisotopic (exact) mass is 342 g/mol. The van der Waals surface area contributed by atoms with E-state index in [2.05, 4.69) is 10.6 Å². The number of benzene rings is 2. The molecular weight excluding hydrogens is 323 g/mol. The van der Waals surface area contributed by atoms with E-state index >= 15 is 0 Å². The Labute approximate surface area is 145 Å². The van der Waals surface area contributed by atoms with Gasteiger partial charge in [-0.15, -0.1) is 0 Å². The van der Waals surface area contributed by atoms with Crippen LogP contribution < -0.4 is 10.6 Å². The number of nitrogens with one attached hydrogen (secondary N) is 2. The van der Waals surface area contributed by atoms with Crippen LogP contribution in [0.3, 0.4) is 0 Å². The van der Waals surface area contributed by atoms with Gasteiger partial charge in [0.25, 0.3) is 5.91 Å². The number of carbonyl (C=O) groups excluding carboxylic acids is 3. The number of hydrogen-bond donors (Lipinski definition) is 2. The molecule has 25 heavy (non-hydrogen) atoms. The van der Waals surface area contributed by atoms with Crippen LogP contribution in [0.5, 0.6) is 0 Å². The second kappa shape index (κ2) is 8.19. The maximum absolute atomic E-state index is 12.9. The lowest BCUT2D eigenvalue weighted by Gasteiger charge is -2.11. The summed E-state index contributed by atoms with van der Waals surface area (Å²) in [5, 5.41) is 5.26. The Hall–Kier alpha value is -3.02. The van der Waals surface area contributed by atoms with E-state index in [-0.39, 0.29) is 30.4 Å². The quantitative estimate of drug-likeness (QED) is 0.792. The van der Waals surface area contributed by atoms with Crippen molar-refractivity contribution < 1.29 is 18.8 Å². The highest BCUT2D eigenvalue weighted by Crippen LogP contribution is 2.19.